The largest absolute Gasteiger partial charge is 0.475 e. The van der Waals surface area contributed by atoms with Crippen LogP contribution in [-0.4, -0.2) is 11.1 Å². The number of aromatic carboxylic acids is 1. The van der Waals surface area contributed by atoms with E-state index in [1.807, 2.05) is 13.8 Å². The van der Waals surface area contributed by atoms with Crippen LogP contribution in [-0.2, 0) is 0 Å². The molecule has 0 aliphatic carbocycles. The number of hydrogen-bond acceptors (Lipinski definition) is 3. The van der Waals surface area contributed by atoms with Crippen molar-refractivity contribution >= 4 is 5.97 Å². The van der Waals surface area contributed by atoms with Gasteiger partial charge in [-0.15, -0.1) is 0 Å². The predicted molar refractivity (Wildman–Crippen MR) is 72.0 cm³/mol. The van der Waals surface area contributed by atoms with Gasteiger partial charge in [-0.2, -0.15) is 0 Å². The molecule has 0 fully saturated rings. The molecule has 0 saturated carbocycles. The Balaban J connectivity index is 2.04. The van der Waals surface area contributed by atoms with Gasteiger partial charge in [0.1, 0.15) is 11.6 Å². The first-order valence-electron chi connectivity index (χ1n) is 6.32. The van der Waals surface area contributed by atoms with E-state index in [9.17, 15) is 9.18 Å². The molecule has 4 nitrogen and oxygen atoms in total. The fourth-order valence-corrected chi connectivity index (χ4v) is 2.01. The Hall–Kier alpha value is -2.14. The van der Waals surface area contributed by atoms with Crippen molar-refractivity contribution in [2.75, 3.05) is 0 Å². The maximum Gasteiger partial charge on any atom is 0.371 e. The lowest BCUT2D eigenvalue weighted by Crippen LogP contribution is -2.22. The topological polar surface area (TPSA) is 62.5 Å². The molecule has 106 valence electrons. The van der Waals surface area contributed by atoms with Gasteiger partial charge in [-0.1, -0.05) is 12.1 Å². The van der Waals surface area contributed by atoms with Gasteiger partial charge in [0.2, 0.25) is 5.76 Å². The molecule has 0 radical (unpaired) electrons. The fourth-order valence-electron chi connectivity index (χ4n) is 2.01. The maximum atomic E-state index is 12.9. The van der Waals surface area contributed by atoms with E-state index in [4.69, 9.17) is 9.52 Å². The number of carbonyl (C=O) groups is 1. The Labute approximate surface area is 116 Å². The lowest BCUT2D eigenvalue weighted by molar-refractivity contribution is 0.0659. The highest BCUT2D eigenvalue weighted by atomic mass is 19.1. The Bertz CT molecular complexity index is 591. The predicted octanol–water partition coefficient (Wildman–Crippen LogP) is 3.53. The number of rotatable bonds is 5. The SMILES string of the molecule is CC(N[C@@H](C)c1ccc(F)cc1)c1ccc(C(=O)O)o1. The van der Waals surface area contributed by atoms with Gasteiger partial charge in [-0.3, -0.25) is 0 Å². The average molecular weight is 277 g/mol. The molecule has 0 saturated heterocycles. The van der Waals surface area contributed by atoms with Crippen molar-refractivity contribution in [2.45, 2.75) is 25.9 Å². The Morgan fingerprint density at radius 3 is 2.35 bits per heavy atom. The number of nitrogens with one attached hydrogen (secondary N) is 1. The van der Waals surface area contributed by atoms with E-state index in [2.05, 4.69) is 5.32 Å². The maximum absolute atomic E-state index is 12.9. The van der Waals surface area contributed by atoms with Crippen LogP contribution < -0.4 is 5.32 Å². The van der Waals surface area contributed by atoms with Crippen LogP contribution in [0.1, 0.15) is 47.8 Å². The van der Waals surface area contributed by atoms with Crippen molar-refractivity contribution in [3.05, 3.63) is 59.3 Å². The lowest BCUT2D eigenvalue weighted by Gasteiger charge is -2.18. The quantitative estimate of drug-likeness (QED) is 0.877. The van der Waals surface area contributed by atoms with Gasteiger partial charge in [0, 0.05) is 6.04 Å². The Kier molecular flexibility index (Phi) is 4.20. The molecule has 0 amide bonds. The van der Waals surface area contributed by atoms with Crippen molar-refractivity contribution in [1.82, 2.24) is 5.32 Å². The summed E-state index contributed by atoms with van der Waals surface area (Å²) in [6.07, 6.45) is 0. The van der Waals surface area contributed by atoms with Crippen LogP contribution in [0.15, 0.2) is 40.8 Å². The molecule has 0 spiro atoms. The number of halogens is 1. The van der Waals surface area contributed by atoms with E-state index >= 15 is 0 Å². The van der Waals surface area contributed by atoms with Crippen LogP contribution in [0.25, 0.3) is 0 Å². The summed E-state index contributed by atoms with van der Waals surface area (Å²) in [5.41, 5.74) is 0.947. The number of carboxylic acid groups (broad SMARTS) is 1. The highest BCUT2D eigenvalue weighted by Crippen LogP contribution is 2.21. The summed E-state index contributed by atoms with van der Waals surface area (Å²) in [6, 6.07) is 9.15. The van der Waals surface area contributed by atoms with Crippen LogP contribution in [0.4, 0.5) is 4.39 Å². The zero-order valence-electron chi connectivity index (χ0n) is 11.3. The van der Waals surface area contributed by atoms with Crippen molar-refractivity contribution < 1.29 is 18.7 Å². The smallest absolute Gasteiger partial charge is 0.371 e. The van der Waals surface area contributed by atoms with Crippen LogP contribution in [0, 0.1) is 5.82 Å². The minimum absolute atomic E-state index is 0.0102. The average Bonchev–Trinajstić information content (AvgIpc) is 2.89. The van der Waals surface area contributed by atoms with Gasteiger partial charge in [-0.25, -0.2) is 9.18 Å². The molecular formula is C15H16FNO3. The second kappa shape index (κ2) is 5.88. The van der Waals surface area contributed by atoms with Crippen LogP contribution in [0.5, 0.6) is 0 Å². The fraction of sp³-hybridized carbons (Fsp3) is 0.267. The Morgan fingerprint density at radius 2 is 1.80 bits per heavy atom. The second-order valence-corrected chi connectivity index (χ2v) is 4.67. The van der Waals surface area contributed by atoms with E-state index in [1.165, 1.54) is 18.2 Å². The number of furan rings is 1. The van der Waals surface area contributed by atoms with E-state index in [0.29, 0.717) is 5.76 Å². The highest BCUT2D eigenvalue weighted by molar-refractivity contribution is 5.84. The summed E-state index contributed by atoms with van der Waals surface area (Å²) in [4.78, 5) is 10.8. The normalized spacial score (nSPS) is 13.9. The van der Waals surface area contributed by atoms with Crippen molar-refractivity contribution in [3.8, 4) is 0 Å². The molecule has 2 atom stereocenters. The number of hydrogen-bond donors (Lipinski definition) is 2. The minimum Gasteiger partial charge on any atom is -0.475 e. The number of benzene rings is 1. The molecule has 0 aliphatic heterocycles. The molecule has 20 heavy (non-hydrogen) atoms. The highest BCUT2D eigenvalue weighted by Gasteiger charge is 2.16. The van der Waals surface area contributed by atoms with E-state index in [-0.39, 0.29) is 23.7 Å². The van der Waals surface area contributed by atoms with Crippen molar-refractivity contribution in [3.63, 3.8) is 0 Å². The number of carboxylic acids is 1. The first kappa shape index (κ1) is 14.3. The molecule has 1 aromatic heterocycles. The first-order valence-corrected chi connectivity index (χ1v) is 6.32. The third-order valence-corrected chi connectivity index (χ3v) is 3.13. The van der Waals surface area contributed by atoms with Crippen molar-refractivity contribution in [1.29, 1.82) is 0 Å². The first-order chi connectivity index (χ1) is 9.47. The molecule has 2 rings (SSSR count). The molecule has 0 bridgehead atoms. The standard InChI is InChI=1S/C15H16FNO3/c1-9(11-3-5-12(16)6-4-11)17-10(2)13-7-8-14(20-13)15(18)19/h3-10,17H,1-2H3,(H,18,19)/t9-,10?/m0/s1. The van der Waals surface area contributed by atoms with Gasteiger partial charge < -0.3 is 14.8 Å². The molecular weight excluding hydrogens is 261 g/mol. The van der Waals surface area contributed by atoms with E-state index in [1.54, 1.807) is 18.2 Å². The van der Waals surface area contributed by atoms with Gasteiger partial charge in [0.25, 0.3) is 0 Å². The summed E-state index contributed by atoms with van der Waals surface area (Å²) in [5.74, 6) is -0.888. The van der Waals surface area contributed by atoms with E-state index < -0.39 is 5.97 Å². The van der Waals surface area contributed by atoms with Gasteiger partial charge >= 0.3 is 5.97 Å². The summed E-state index contributed by atoms with van der Waals surface area (Å²) in [6.45, 7) is 3.83. The zero-order valence-corrected chi connectivity index (χ0v) is 11.3. The lowest BCUT2D eigenvalue weighted by atomic mass is 10.1. The summed E-state index contributed by atoms with van der Waals surface area (Å²) < 4.78 is 18.1. The molecule has 2 aromatic rings. The van der Waals surface area contributed by atoms with E-state index in [0.717, 1.165) is 5.56 Å². The molecule has 1 unspecified atom stereocenters. The third kappa shape index (κ3) is 3.24. The van der Waals surface area contributed by atoms with Crippen LogP contribution in [0.3, 0.4) is 0 Å². The summed E-state index contributed by atoms with van der Waals surface area (Å²) in [7, 11) is 0. The monoisotopic (exact) mass is 277 g/mol. The van der Waals surface area contributed by atoms with Gasteiger partial charge in [0.05, 0.1) is 6.04 Å². The zero-order chi connectivity index (χ0) is 14.7. The van der Waals surface area contributed by atoms with Crippen molar-refractivity contribution in [2.24, 2.45) is 0 Å². The molecule has 1 aromatic carbocycles. The molecule has 0 aliphatic rings. The molecule has 5 heteroatoms. The van der Waals surface area contributed by atoms with Crippen LogP contribution >= 0.6 is 0 Å². The second-order valence-electron chi connectivity index (χ2n) is 4.67. The third-order valence-electron chi connectivity index (χ3n) is 3.13. The molecule has 1 heterocycles. The Morgan fingerprint density at radius 1 is 1.15 bits per heavy atom. The van der Waals surface area contributed by atoms with Gasteiger partial charge in [0.15, 0.2) is 0 Å². The molecule has 2 N–H and O–H groups in total. The summed E-state index contributed by atoms with van der Waals surface area (Å²) >= 11 is 0. The van der Waals surface area contributed by atoms with Gasteiger partial charge in [-0.05, 0) is 43.7 Å². The van der Waals surface area contributed by atoms with Crippen LogP contribution in [0.2, 0.25) is 0 Å². The minimum atomic E-state index is -1.09. The summed E-state index contributed by atoms with van der Waals surface area (Å²) in [5, 5.41) is 12.1.